The molecule has 43 heavy (non-hydrogen) atoms. The highest BCUT2D eigenvalue weighted by Crippen LogP contribution is 2.25. The zero-order valence-corrected chi connectivity index (χ0v) is 25.0. The van der Waals surface area contributed by atoms with Gasteiger partial charge < -0.3 is 34.5 Å². The molecule has 1 unspecified atom stereocenters. The topological polar surface area (TPSA) is 142 Å². The minimum absolute atomic E-state index is 0.0853. The number of amides is 2. The highest BCUT2D eigenvalue weighted by molar-refractivity contribution is 5.97. The molecule has 1 aromatic carbocycles. The molecule has 1 fully saturated rings. The van der Waals surface area contributed by atoms with Crippen LogP contribution in [0.3, 0.4) is 0 Å². The predicted octanol–water partition coefficient (Wildman–Crippen LogP) is 2.54. The van der Waals surface area contributed by atoms with Gasteiger partial charge in [-0.05, 0) is 55.5 Å². The summed E-state index contributed by atoms with van der Waals surface area (Å²) in [5.41, 5.74) is 3.59. The van der Waals surface area contributed by atoms with Crippen LogP contribution in [0, 0.1) is 6.92 Å². The fourth-order valence-corrected chi connectivity index (χ4v) is 5.53. The number of aryl methyl sites for hydroxylation is 1. The van der Waals surface area contributed by atoms with E-state index in [1.807, 2.05) is 17.9 Å². The summed E-state index contributed by atoms with van der Waals surface area (Å²) in [4.78, 5) is 37.2. The van der Waals surface area contributed by atoms with Crippen molar-refractivity contribution < 1.29 is 28.6 Å². The quantitative estimate of drug-likeness (QED) is 0.304. The second-order valence-electron chi connectivity index (χ2n) is 11.1. The van der Waals surface area contributed by atoms with Crippen molar-refractivity contribution in [3.8, 4) is 11.5 Å². The summed E-state index contributed by atoms with van der Waals surface area (Å²) in [5.74, 6) is 2.17. The van der Waals surface area contributed by atoms with E-state index in [-0.39, 0.29) is 24.4 Å². The number of nitrogens with one attached hydrogen (secondary N) is 2. The van der Waals surface area contributed by atoms with Crippen LogP contribution >= 0.6 is 0 Å². The number of hydrogen-bond acceptors (Lipinski definition) is 10. The van der Waals surface area contributed by atoms with Gasteiger partial charge in [-0.15, -0.1) is 0 Å². The number of rotatable bonds is 11. The molecule has 5 rings (SSSR count). The number of pyridine rings is 1. The highest BCUT2D eigenvalue weighted by atomic mass is 16.5. The lowest BCUT2D eigenvalue weighted by Crippen LogP contribution is -2.42. The van der Waals surface area contributed by atoms with Gasteiger partial charge in [-0.2, -0.15) is 0 Å². The van der Waals surface area contributed by atoms with E-state index in [1.54, 1.807) is 13.0 Å². The first-order valence-corrected chi connectivity index (χ1v) is 14.7. The molecule has 12 heteroatoms. The largest absolute Gasteiger partial charge is 0.494 e. The Morgan fingerprint density at radius 2 is 1.98 bits per heavy atom. The molecule has 0 saturated carbocycles. The summed E-state index contributed by atoms with van der Waals surface area (Å²) in [5, 5.41) is 17.0. The monoisotopic (exact) mass is 592 g/mol. The summed E-state index contributed by atoms with van der Waals surface area (Å²) in [6.07, 6.45) is 4.65. The van der Waals surface area contributed by atoms with Gasteiger partial charge in [0.05, 0.1) is 30.7 Å². The van der Waals surface area contributed by atoms with Crippen LogP contribution in [0.5, 0.6) is 11.5 Å². The Labute approximate surface area is 251 Å². The Bertz CT molecular complexity index is 1420. The summed E-state index contributed by atoms with van der Waals surface area (Å²) >= 11 is 0. The molecule has 0 spiro atoms. The molecular formula is C31H40N6O6. The van der Waals surface area contributed by atoms with E-state index in [0.717, 1.165) is 37.3 Å². The van der Waals surface area contributed by atoms with Gasteiger partial charge in [-0.1, -0.05) is 6.07 Å². The third-order valence-corrected chi connectivity index (χ3v) is 8.08. The summed E-state index contributed by atoms with van der Waals surface area (Å²) < 4.78 is 16.6. The molecule has 2 amide bonds. The number of carbonyl (C=O) groups excluding carboxylic acids is 2. The molecule has 12 nitrogen and oxygen atoms in total. The molecule has 1 saturated heterocycles. The van der Waals surface area contributed by atoms with E-state index in [1.165, 1.54) is 30.8 Å². The lowest BCUT2D eigenvalue weighted by Gasteiger charge is -2.32. The number of aromatic nitrogens is 2. The van der Waals surface area contributed by atoms with Gasteiger partial charge in [0.25, 0.3) is 5.91 Å². The van der Waals surface area contributed by atoms with E-state index >= 15 is 0 Å². The number of fused-ring (bicyclic) bond motifs is 1. The van der Waals surface area contributed by atoms with Crippen LogP contribution in [-0.2, 0) is 24.4 Å². The van der Waals surface area contributed by atoms with Crippen LogP contribution in [0.4, 0.5) is 5.82 Å². The van der Waals surface area contributed by atoms with Gasteiger partial charge in [0.1, 0.15) is 23.9 Å². The first-order chi connectivity index (χ1) is 20.8. The molecule has 4 heterocycles. The number of β-amino-alcohol motifs (C(OH)–C–C–N with tert-alkyl or cyclic N) is 1. The number of carbonyl (C=O) groups is 2. The second-order valence-corrected chi connectivity index (χ2v) is 11.1. The number of piperidine rings is 1. The number of aliphatic hydroxyl groups excluding tert-OH is 1. The maximum Gasteiger partial charge on any atom is 0.255 e. The minimum Gasteiger partial charge on any atom is -0.494 e. The van der Waals surface area contributed by atoms with Crippen LogP contribution < -0.4 is 20.1 Å². The maximum atomic E-state index is 13.1. The van der Waals surface area contributed by atoms with Gasteiger partial charge in [-0.3, -0.25) is 14.5 Å². The fourth-order valence-electron chi connectivity index (χ4n) is 5.53. The molecule has 0 radical (unpaired) electrons. The minimum atomic E-state index is -0.741. The Morgan fingerprint density at radius 1 is 1.16 bits per heavy atom. The number of nitrogens with zero attached hydrogens (tertiary/aromatic N) is 4. The number of likely N-dealkylation sites (tertiary alicyclic amines) is 1. The average molecular weight is 593 g/mol. The van der Waals surface area contributed by atoms with E-state index in [0.29, 0.717) is 55.7 Å². The van der Waals surface area contributed by atoms with Gasteiger partial charge in [0.2, 0.25) is 5.91 Å². The zero-order chi connectivity index (χ0) is 30.3. The summed E-state index contributed by atoms with van der Waals surface area (Å²) in [6.45, 7) is 7.23. The Kier molecular flexibility index (Phi) is 9.78. The third-order valence-electron chi connectivity index (χ3n) is 8.08. The van der Waals surface area contributed by atoms with E-state index in [4.69, 9.17) is 13.9 Å². The van der Waals surface area contributed by atoms with Crippen molar-refractivity contribution in [1.82, 2.24) is 25.1 Å². The van der Waals surface area contributed by atoms with Crippen molar-refractivity contribution in [2.45, 2.75) is 58.4 Å². The van der Waals surface area contributed by atoms with E-state index in [9.17, 15) is 14.7 Å². The normalized spacial score (nSPS) is 16.3. The first kappa shape index (κ1) is 30.3. The van der Waals surface area contributed by atoms with Gasteiger partial charge >= 0.3 is 0 Å². The molecule has 3 aromatic rings. The van der Waals surface area contributed by atoms with E-state index in [2.05, 4.69) is 37.6 Å². The third kappa shape index (κ3) is 7.82. The van der Waals surface area contributed by atoms with Gasteiger partial charge in [0.15, 0.2) is 12.2 Å². The SMILES string of the molecule is COc1cnc(NC2CCN(C(C)=O)CC2)cc1C(=O)NCC(O)CN1CCc2cc(OCc3ocnc3C)ccc2C1. The molecule has 2 aromatic heterocycles. The molecule has 2 aliphatic heterocycles. The van der Waals surface area contributed by atoms with E-state index < -0.39 is 6.10 Å². The Hall–Kier alpha value is -4.16. The molecule has 3 N–H and O–H groups in total. The van der Waals surface area contributed by atoms with Crippen LogP contribution in [0.25, 0.3) is 0 Å². The van der Waals surface area contributed by atoms with Gasteiger partial charge in [0, 0.05) is 52.2 Å². The summed E-state index contributed by atoms with van der Waals surface area (Å²) in [7, 11) is 1.49. The number of anilines is 1. The molecule has 0 bridgehead atoms. The molecule has 0 aliphatic carbocycles. The Balaban J connectivity index is 1.10. The average Bonchev–Trinajstić information content (AvgIpc) is 3.43. The maximum absolute atomic E-state index is 13.1. The molecule has 230 valence electrons. The molecule has 2 aliphatic rings. The van der Waals surface area contributed by atoms with Crippen molar-refractivity contribution in [3.63, 3.8) is 0 Å². The summed E-state index contributed by atoms with van der Waals surface area (Å²) in [6, 6.07) is 7.91. The van der Waals surface area contributed by atoms with Crippen molar-refractivity contribution in [2.24, 2.45) is 0 Å². The van der Waals surface area contributed by atoms with Crippen molar-refractivity contribution >= 4 is 17.6 Å². The fraction of sp³-hybridized carbons (Fsp3) is 0.484. The zero-order valence-electron chi connectivity index (χ0n) is 25.0. The lowest BCUT2D eigenvalue weighted by molar-refractivity contribution is -0.129. The van der Waals surface area contributed by atoms with Crippen LogP contribution in [-0.4, -0.2) is 88.7 Å². The number of aliphatic hydroxyl groups is 1. The molecular weight excluding hydrogens is 552 g/mol. The van der Waals surface area contributed by atoms with Crippen LogP contribution in [0.1, 0.15) is 52.7 Å². The number of benzene rings is 1. The standard InChI is InChI=1S/C31H40N6O6/c1-20-29(43-19-34-20)18-42-26-5-4-23-16-36(9-6-22(23)12-26)17-25(39)14-33-31(40)27-13-30(32-15-28(27)41-3)35-24-7-10-37(11-8-24)21(2)38/h4-5,12-13,15,19,24-25,39H,6-11,14,16-18H2,1-3H3,(H,32,35)(H,33,40). The highest BCUT2D eigenvalue weighted by Gasteiger charge is 2.23. The number of hydrogen-bond donors (Lipinski definition) is 3. The van der Waals surface area contributed by atoms with Crippen LogP contribution in [0.15, 0.2) is 41.3 Å². The first-order valence-electron chi connectivity index (χ1n) is 14.7. The Morgan fingerprint density at radius 3 is 2.70 bits per heavy atom. The van der Waals surface area contributed by atoms with Gasteiger partial charge in [-0.25, -0.2) is 9.97 Å². The second kappa shape index (κ2) is 13.9. The smallest absolute Gasteiger partial charge is 0.255 e. The number of ether oxygens (including phenoxy) is 2. The number of oxazole rings is 1. The van der Waals surface area contributed by atoms with Crippen molar-refractivity contribution in [2.75, 3.05) is 45.2 Å². The number of methoxy groups -OCH3 is 1. The van der Waals surface area contributed by atoms with Crippen LogP contribution in [0.2, 0.25) is 0 Å². The molecule has 1 atom stereocenters. The van der Waals surface area contributed by atoms with Crippen molar-refractivity contribution in [1.29, 1.82) is 0 Å². The predicted molar refractivity (Wildman–Crippen MR) is 159 cm³/mol. The van der Waals surface area contributed by atoms with Crippen molar-refractivity contribution in [3.05, 3.63) is 65.0 Å². The lowest BCUT2D eigenvalue weighted by atomic mass is 9.99.